The number of sulfonamides is 1. The summed E-state index contributed by atoms with van der Waals surface area (Å²) in [5.41, 5.74) is 1.12. The van der Waals surface area contributed by atoms with Crippen LogP contribution in [0.25, 0.3) is 0 Å². The molecular weight excluding hydrogens is 332 g/mol. The topological polar surface area (TPSA) is 49.4 Å². The Morgan fingerprint density at radius 2 is 2.00 bits per heavy atom. The van der Waals surface area contributed by atoms with Gasteiger partial charge in [-0.1, -0.05) is 23.7 Å². The van der Waals surface area contributed by atoms with Crippen LogP contribution in [0.5, 0.6) is 0 Å². The van der Waals surface area contributed by atoms with Gasteiger partial charge in [0.05, 0.1) is 5.75 Å². The van der Waals surface area contributed by atoms with Crippen molar-refractivity contribution in [1.29, 1.82) is 0 Å². The Hall–Kier alpha value is -0.620. The minimum atomic E-state index is -3.16. The van der Waals surface area contributed by atoms with Gasteiger partial charge in [0, 0.05) is 17.6 Å². The summed E-state index contributed by atoms with van der Waals surface area (Å²) in [6.07, 6.45) is 5.87. The number of likely N-dealkylation sites (tertiary alicyclic amines) is 1. The van der Waals surface area contributed by atoms with Gasteiger partial charge in [-0.15, -0.1) is 0 Å². The number of hydrogen-bond acceptors (Lipinski definition) is 3. The second-order valence-corrected chi connectivity index (χ2v) is 8.72. The van der Waals surface area contributed by atoms with E-state index in [4.69, 9.17) is 11.6 Å². The third kappa shape index (κ3) is 6.79. The highest BCUT2D eigenvalue weighted by Crippen LogP contribution is 2.18. The maximum Gasteiger partial charge on any atom is 0.211 e. The van der Waals surface area contributed by atoms with Crippen LogP contribution in [-0.2, 0) is 16.4 Å². The molecule has 0 radical (unpaired) electrons. The fraction of sp³-hybridized carbons (Fsp3) is 0.647. The molecule has 4 nitrogen and oxygen atoms in total. The number of benzene rings is 1. The molecule has 0 bridgehead atoms. The van der Waals surface area contributed by atoms with E-state index in [9.17, 15) is 8.42 Å². The molecule has 1 aromatic rings. The Bertz CT molecular complexity index is 575. The summed E-state index contributed by atoms with van der Waals surface area (Å²) >= 11 is 5.84. The maximum atomic E-state index is 12.0. The highest BCUT2D eigenvalue weighted by Gasteiger charge is 2.20. The van der Waals surface area contributed by atoms with Crippen LogP contribution in [0.2, 0.25) is 5.02 Å². The molecule has 0 aromatic heterocycles. The number of aryl methyl sites for hydroxylation is 1. The SMILES string of the molecule is CN1CCC[C@H]1CCCNS(=O)(=O)CCCc1ccc(Cl)cc1. The monoisotopic (exact) mass is 358 g/mol. The average molecular weight is 359 g/mol. The van der Waals surface area contributed by atoms with Crippen LogP contribution < -0.4 is 4.72 Å². The molecule has 1 aliphatic heterocycles. The van der Waals surface area contributed by atoms with Crippen molar-refractivity contribution >= 4 is 21.6 Å². The number of halogens is 1. The molecule has 0 unspecified atom stereocenters. The van der Waals surface area contributed by atoms with E-state index in [2.05, 4.69) is 16.7 Å². The molecule has 1 saturated heterocycles. The van der Waals surface area contributed by atoms with Crippen molar-refractivity contribution in [2.24, 2.45) is 0 Å². The fourth-order valence-electron chi connectivity index (χ4n) is 3.10. The van der Waals surface area contributed by atoms with Crippen LogP contribution in [0.3, 0.4) is 0 Å². The van der Waals surface area contributed by atoms with Gasteiger partial charge in [-0.25, -0.2) is 13.1 Å². The van der Waals surface area contributed by atoms with Crippen molar-refractivity contribution < 1.29 is 8.42 Å². The summed E-state index contributed by atoms with van der Waals surface area (Å²) in [5.74, 6) is 0.180. The highest BCUT2D eigenvalue weighted by molar-refractivity contribution is 7.89. The van der Waals surface area contributed by atoms with E-state index >= 15 is 0 Å². The quantitative estimate of drug-likeness (QED) is 0.690. The molecule has 2 rings (SSSR count). The molecule has 23 heavy (non-hydrogen) atoms. The molecule has 1 N–H and O–H groups in total. The van der Waals surface area contributed by atoms with Crippen molar-refractivity contribution in [3.63, 3.8) is 0 Å². The van der Waals surface area contributed by atoms with Crippen molar-refractivity contribution in [3.8, 4) is 0 Å². The standard InChI is InChI=1S/C17H27ClN2O2S/c1-20-13-3-7-17(20)6-2-12-19-23(21,22)14-4-5-15-8-10-16(18)11-9-15/h8-11,17,19H,2-7,12-14H2,1H3/t17-/m1/s1. The summed E-state index contributed by atoms with van der Waals surface area (Å²) in [4.78, 5) is 2.38. The first kappa shape index (κ1) is 18.7. The molecule has 1 aliphatic rings. The predicted molar refractivity (Wildman–Crippen MR) is 96.4 cm³/mol. The molecule has 1 atom stereocenters. The Morgan fingerprint density at radius 3 is 2.65 bits per heavy atom. The van der Waals surface area contributed by atoms with Crippen LogP contribution in [0.1, 0.15) is 37.7 Å². The molecule has 0 amide bonds. The minimum absolute atomic E-state index is 0.180. The van der Waals surface area contributed by atoms with Crippen LogP contribution in [0, 0.1) is 0 Å². The Balaban J connectivity index is 1.61. The van der Waals surface area contributed by atoms with E-state index in [0.717, 1.165) is 24.8 Å². The van der Waals surface area contributed by atoms with Gasteiger partial charge in [0.25, 0.3) is 0 Å². The lowest BCUT2D eigenvalue weighted by atomic mass is 10.1. The molecule has 0 aliphatic carbocycles. The van der Waals surface area contributed by atoms with Gasteiger partial charge in [-0.2, -0.15) is 0 Å². The smallest absolute Gasteiger partial charge is 0.211 e. The van der Waals surface area contributed by atoms with E-state index in [1.165, 1.54) is 19.4 Å². The largest absolute Gasteiger partial charge is 0.303 e. The van der Waals surface area contributed by atoms with Gasteiger partial charge in [0.15, 0.2) is 0 Å². The molecule has 130 valence electrons. The van der Waals surface area contributed by atoms with E-state index in [0.29, 0.717) is 24.0 Å². The van der Waals surface area contributed by atoms with E-state index < -0.39 is 10.0 Å². The predicted octanol–water partition coefficient (Wildman–Crippen LogP) is 3.07. The van der Waals surface area contributed by atoms with Gasteiger partial charge in [-0.3, -0.25) is 0 Å². The first-order valence-electron chi connectivity index (χ1n) is 8.38. The zero-order chi connectivity index (χ0) is 16.7. The second-order valence-electron chi connectivity index (χ2n) is 6.36. The lowest BCUT2D eigenvalue weighted by Crippen LogP contribution is -2.30. The lowest BCUT2D eigenvalue weighted by Gasteiger charge is -2.19. The summed E-state index contributed by atoms with van der Waals surface area (Å²) < 4.78 is 26.7. The molecule has 1 aromatic carbocycles. The first-order valence-corrected chi connectivity index (χ1v) is 10.4. The Kier molecular flexibility index (Phi) is 7.34. The van der Waals surface area contributed by atoms with Gasteiger partial charge in [0.2, 0.25) is 10.0 Å². The molecule has 0 spiro atoms. The summed E-state index contributed by atoms with van der Waals surface area (Å²) in [6.45, 7) is 1.72. The van der Waals surface area contributed by atoms with Crippen LogP contribution in [-0.4, -0.2) is 45.2 Å². The number of hydrogen-bond donors (Lipinski definition) is 1. The van der Waals surface area contributed by atoms with Crippen molar-refractivity contribution in [1.82, 2.24) is 9.62 Å². The van der Waals surface area contributed by atoms with Crippen molar-refractivity contribution in [3.05, 3.63) is 34.9 Å². The first-order chi connectivity index (χ1) is 11.0. The maximum absolute atomic E-state index is 12.0. The second kappa shape index (κ2) is 9.02. The third-order valence-electron chi connectivity index (χ3n) is 4.50. The zero-order valence-electron chi connectivity index (χ0n) is 13.8. The molecular formula is C17H27ClN2O2S. The van der Waals surface area contributed by atoms with E-state index in [1.807, 2.05) is 24.3 Å². The number of rotatable bonds is 9. The van der Waals surface area contributed by atoms with Crippen LogP contribution in [0.15, 0.2) is 24.3 Å². The molecule has 0 saturated carbocycles. The van der Waals surface area contributed by atoms with Crippen molar-refractivity contribution in [2.75, 3.05) is 25.9 Å². The summed E-state index contributed by atoms with van der Waals surface area (Å²) in [6, 6.07) is 8.19. The Labute approximate surface area is 145 Å². The van der Waals surface area contributed by atoms with Crippen LogP contribution in [0.4, 0.5) is 0 Å². The summed E-state index contributed by atoms with van der Waals surface area (Å²) in [5, 5.41) is 0.705. The Morgan fingerprint density at radius 1 is 1.26 bits per heavy atom. The number of nitrogens with one attached hydrogen (secondary N) is 1. The minimum Gasteiger partial charge on any atom is -0.303 e. The van der Waals surface area contributed by atoms with Crippen LogP contribution >= 0.6 is 11.6 Å². The van der Waals surface area contributed by atoms with Gasteiger partial charge in [-0.05, 0) is 69.8 Å². The molecule has 6 heteroatoms. The van der Waals surface area contributed by atoms with Crippen molar-refractivity contribution in [2.45, 2.75) is 44.6 Å². The van der Waals surface area contributed by atoms with Gasteiger partial charge >= 0.3 is 0 Å². The van der Waals surface area contributed by atoms with Gasteiger partial charge in [0.1, 0.15) is 0 Å². The van der Waals surface area contributed by atoms with E-state index in [-0.39, 0.29) is 5.75 Å². The lowest BCUT2D eigenvalue weighted by molar-refractivity contribution is 0.292. The van der Waals surface area contributed by atoms with Gasteiger partial charge < -0.3 is 4.90 Å². The molecule has 1 fully saturated rings. The zero-order valence-corrected chi connectivity index (χ0v) is 15.4. The number of nitrogens with zero attached hydrogens (tertiary/aromatic N) is 1. The fourth-order valence-corrected chi connectivity index (χ4v) is 4.35. The summed E-state index contributed by atoms with van der Waals surface area (Å²) in [7, 11) is -1.01. The highest BCUT2D eigenvalue weighted by atomic mass is 35.5. The van der Waals surface area contributed by atoms with E-state index in [1.54, 1.807) is 0 Å². The molecule has 1 heterocycles. The normalized spacial score (nSPS) is 19.3. The third-order valence-corrected chi connectivity index (χ3v) is 6.22. The average Bonchev–Trinajstić information content (AvgIpc) is 2.91.